The van der Waals surface area contributed by atoms with Gasteiger partial charge in [0.2, 0.25) is 0 Å². The van der Waals surface area contributed by atoms with E-state index < -0.39 is 7.12 Å². The molecule has 4 nitrogen and oxygen atoms in total. The number of hydrogen-bond donors (Lipinski definition) is 2. The molecule has 18 heavy (non-hydrogen) atoms. The summed E-state index contributed by atoms with van der Waals surface area (Å²) < 4.78 is 11.1. The largest absolute Gasteiger partial charge is 0.494 e. The molecule has 0 spiro atoms. The van der Waals surface area contributed by atoms with Gasteiger partial charge in [0.05, 0.1) is 12.7 Å². The zero-order chi connectivity index (χ0) is 12.8. The third kappa shape index (κ3) is 3.73. The van der Waals surface area contributed by atoms with Gasteiger partial charge in [-0.15, -0.1) is 0 Å². The highest BCUT2D eigenvalue weighted by Crippen LogP contribution is 2.17. The summed E-state index contributed by atoms with van der Waals surface area (Å²) in [4.78, 5) is 0. The van der Waals surface area contributed by atoms with E-state index in [1.54, 1.807) is 18.2 Å². The summed E-state index contributed by atoms with van der Waals surface area (Å²) in [5.41, 5.74) is 0.412. The molecule has 2 N–H and O–H groups in total. The van der Waals surface area contributed by atoms with Crippen LogP contribution in [0, 0.1) is 0 Å². The number of para-hydroxylation sites is 1. The predicted molar refractivity (Wildman–Crippen MR) is 70.0 cm³/mol. The summed E-state index contributed by atoms with van der Waals surface area (Å²) in [6.07, 6.45) is 4.61. The molecule has 0 saturated carbocycles. The fourth-order valence-electron chi connectivity index (χ4n) is 2.19. The third-order valence-electron chi connectivity index (χ3n) is 3.15. The van der Waals surface area contributed by atoms with Crippen LogP contribution in [0.2, 0.25) is 0 Å². The van der Waals surface area contributed by atoms with Crippen LogP contribution in [0.5, 0.6) is 5.75 Å². The van der Waals surface area contributed by atoms with Gasteiger partial charge in [-0.05, 0) is 31.7 Å². The first-order valence-electron chi connectivity index (χ1n) is 6.47. The van der Waals surface area contributed by atoms with E-state index >= 15 is 0 Å². The van der Waals surface area contributed by atoms with Crippen LogP contribution < -0.4 is 10.2 Å². The highest BCUT2D eigenvalue weighted by molar-refractivity contribution is 6.59. The van der Waals surface area contributed by atoms with Crippen molar-refractivity contribution in [2.45, 2.75) is 31.8 Å². The maximum Gasteiger partial charge on any atom is 0.492 e. The van der Waals surface area contributed by atoms with Crippen LogP contribution in [0.4, 0.5) is 0 Å². The lowest BCUT2D eigenvalue weighted by Crippen LogP contribution is -2.31. The molecule has 1 atom stereocenters. The fraction of sp³-hybridized carbons (Fsp3) is 0.538. The Morgan fingerprint density at radius 1 is 1.33 bits per heavy atom. The lowest BCUT2D eigenvalue weighted by molar-refractivity contribution is 0.0981. The first kappa shape index (κ1) is 13.4. The van der Waals surface area contributed by atoms with Gasteiger partial charge < -0.3 is 19.5 Å². The van der Waals surface area contributed by atoms with Gasteiger partial charge in [0.15, 0.2) is 0 Å². The monoisotopic (exact) mass is 250 g/mol. The van der Waals surface area contributed by atoms with Crippen molar-refractivity contribution in [2.24, 2.45) is 0 Å². The Balaban J connectivity index is 1.75. The van der Waals surface area contributed by atoms with E-state index in [1.165, 1.54) is 0 Å². The number of rotatable bonds is 6. The molecule has 1 unspecified atom stereocenters. The molecule has 1 fully saturated rings. The Morgan fingerprint density at radius 3 is 2.89 bits per heavy atom. The maximum absolute atomic E-state index is 9.19. The van der Waals surface area contributed by atoms with E-state index in [1.807, 2.05) is 6.07 Å². The molecular formula is C13H19BO4. The highest BCUT2D eigenvalue weighted by atomic mass is 16.5. The molecule has 0 amide bonds. The van der Waals surface area contributed by atoms with Crippen LogP contribution in [0.15, 0.2) is 24.3 Å². The van der Waals surface area contributed by atoms with E-state index in [9.17, 15) is 10.0 Å². The van der Waals surface area contributed by atoms with E-state index in [2.05, 4.69) is 0 Å². The SMILES string of the molecule is OB(O)c1ccccc1OCCCC1CCCO1. The lowest BCUT2D eigenvalue weighted by Gasteiger charge is -2.12. The molecule has 0 bridgehead atoms. The third-order valence-corrected chi connectivity index (χ3v) is 3.15. The van der Waals surface area contributed by atoms with Gasteiger partial charge in [0, 0.05) is 12.1 Å². The predicted octanol–water partition coefficient (Wildman–Crippen LogP) is 0.704. The van der Waals surface area contributed by atoms with Gasteiger partial charge in [-0.3, -0.25) is 0 Å². The molecule has 1 saturated heterocycles. The molecule has 1 aliphatic heterocycles. The minimum absolute atomic E-state index is 0.382. The maximum atomic E-state index is 9.19. The molecule has 2 rings (SSSR count). The van der Waals surface area contributed by atoms with Crippen LogP contribution in [0.25, 0.3) is 0 Å². The van der Waals surface area contributed by atoms with Crippen molar-refractivity contribution < 1.29 is 19.5 Å². The Kier molecular flexibility index (Phi) is 5.05. The number of hydrogen-bond acceptors (Lipinski definition) is 4. The average Bonchev–Trinajstić information content (AvgIpc) is 2.88. The highest BCUT2D eigenvalue weighted by Gasteiger charge is 2.17. The van der Waals surface area contributed by atoms with Crippen molar-refractivity contribution in [2.75, 3.05) is 13.2 Å². The zero-order valence-corrected chi connectivity index (χ0v) is 10.4. The van der Waals surface area contributed by atoms with Gasteiger partial charge in [-0.25, -0.2) is 0 Å². The second-order valence-corrected chi connectivity index (χ2v) is 4.54. The van der Waals surface area contributed by atoms with Gasteiger partial charge in [0.1, 0.15) is 5.75 Å². The summed E-state index contributed by atoms with van der Waals surface area (Å²) in [5, 5.41) is 18.4. The molecule has 1 aromatic carbocycles. The minimum atomic E-state index is -1.49. The number of ether oxygens (including phenoxy) is 2. The van der Waals surface area contributed by atoms with Crippen molar-refractivity contribution >= 4 is 12.6 Å². The first-order valence-corrected chi connectivity index (χ1v) is 6.47. The fourth-order valence-corrected chi connectivity index (χ4v) is 2.19. The van der Waals surface area contributed by atoms with Crippen LogP contribution in [0.1, 0.15) is 25.7 Å². The normalized spacial score (nSPS) is 18.9. The van der Waals surface area contributed by atoms with E-state index in [0.717, 1.165) is 32.3 Å². The summed E-state index contributed by atoms with van der Waals surface area (Å²) in [5.74, 6) is 0.542. The summed E-state index contributed by atoms with van der Waals surface area (Å²) in [6.45, 7) is 1.45. The number of benzene rings is 1. The molecule has 1 heterocycles. The van der Waals surface area contributed by atoms with Crippen molar-refractivity contribution in [3.63, 3.8) is 0 Å². The van der Waals surface area contributed by atoms with E-state index in [0.29, 0.717) is 23.9 Å². The lowest BCUT2D eigenvalue weighted by atomic mass is 9.79. The van der Waals surface area contributed by atoms with Crippen LogP contribution in [0.3, 0.4) is 0 Å². The quantitative estimate of drug-likeness (QED) is 0.576. The molecule has 1 aromatic rings. The molecule has 0 aliphatic carbocycles. The van der Waals surface area contributed by atoms with Gasteiger partial charge in [-0.1, -0.05) is 18.2 Å². The minimum Gasteiger partial charge on any atom is -0.494 e. The van der Waals surface area contributed by atoms with Crippen LogP contribution in [-0.4, -0.2) is 36.5 Å². The Labute approximate surface area is 108 Å². The van der Waals surface area contributed by atoms with Crippen LogP contribution >= 0.6 is 0 Å². The Bertz CT molecular complexity index is 364. The van der Waals surface area contributed by atoms with E-state index in [4.69, 9.17) is 9.47 Å². The van der Waals surface area contributed by atoms with Crippen LogP contribution in [-0.2, 0) is 4.74 Å². The van der Waals surface area contributed by atoms with Crippen molar-refractivity contribution in [3.8, 4) is 5.75 Å². The standard InChI is InChI=1S/C13H19BO4/c15-14(16)12-7-1-2-8-13(12)18-10-4-6-11-5-3-9-17-11/h1-2,7-8,11,15-16H,3-6,9-10H2. The second kappa shape index (κ2) is 6.78. The van der Waals surface area contributed by atoms with Gasteiger partial charge in [-0.2, -0.15) is 0 Å². The van der Waals surface area contributed by atoms with E-state index in [-0.39, 0.29) is 0 Å². The molecular weight excluding hydrogens is 231 g/mol. The zero-order valence-electron chi connectivity index (χ0n) is 10.4. The summed E-state index contributed by atoms with van der Waals surface area (Å²) in [6, 6.07) is 6.98. The molecule has 98 valence electrons. The van der Waals surface area contributed by atoms with Crippen molar-refractivity contribution in [1.82, 2.24) is 0 Å². The summed E-state index contributed by atoms with van der Waals surface area (Å²) in [7, 11) is -1.49. The molecule has 5 heteroatoms. The Morgan fingerprint density at radius 2 is 2.17 bits per heavy atom. The molecule has 0 aromatic heterocycles. The van der Waals surface area contributed by atoms with Crippen molar-refractivity contribution in [3.05, 3.63) is 24.3 Å². The van der Waals surface area contributed by atoms with Gasteiger partial charge in [0.25, 0.3) is 0 Å². The van der Waals surface area contributed by atoms with Gasteiger partial charge >= 0.3 is 7.12 Å². The molecule has 0 radical (unpaired) electrons. The topological polar surface area (TPSA) is 58.9 Å². The average molecular weight is 250 g/mol. The second-order valence-electron chi connectivity index (χ2n) is 4.54. The Hall–Kier alpha value is -1.04. The summed E-state index contributed by atoms with van der Waals surface area (Å²) >= 11 is 0. The molecule has 1 aliphatic rings. The first-order chi connectivity index (χ1) is 8.77. The van der Waals surface area contributed by atoms with Crippen molar-refractivity contribution in [1.29, 1.82) is 0 Å². The smallest absolute Gasteiger partial charge is 0.492 e.